The second-order valence-electron chi connectivity index (χ2n) is 8.63. The number of nitrogens with zero attached hydrogens (tertiary/aromatic N) is 2. The Kier molecular flexibility index (Phi) is 5.61. The number of aliphatic hydroxyl groups is 1. The molecular formula is C28H24N2O5. The number of ketones is 1. The third-order valence-electron chi connectivity index (χ3n) is 6.37. The monoisotopic (exact) mass is 468 g/mol. The molecule has 0 radical (unpaired) electrons. The van der Waals surface area contributed by atoms with Crippen molar-refractivity contribution in [2.45, 2.75) is 26.4 Å². The summed E-state index contributed by atoms with van der Waals surface area (Å²) in [5.41, 5.74) is 4.08. The maximum atomic E-state index is 13.7. The molecule has 7 heteroatoms. The van der Waals surface area contributed by atoms with Gasteiger partial charge in [0.1, 0.15) is 0 Å². The number of Topliss-reactive ketones (excluding diaryl/α,β-unsaturated/α-hetero) is 1. The Hall–Kier alpha value is -4.39. The predicted octanol–water partition coefficient (Wildman–Crippen LogP) is 5.23. The van der Waals surface area contributed by atoms with E-state index in [1.54, 1.807) is 48.8 Å². The van der Waals surface area contributed by atoms with Crippen molar-refractivity contribution in [1.29, 1.82) is 0 Å². The van der Waals surface area contributed by atoms with Crippen molar-refractivity contribution in [3.05, 3.63) is 106 Å². The molecule has 1 aliphatic rings. The van der Waals surface area contributed by atoms with Crippen molar-refractivity contribution in [3.8, 4) is 5.75 Å². The zero-order valence-corrected chi connectivity index (χ0v) is 19.6. The molecule has 0 saturated carbocycles. The topological polar surface area (TPSA) is 92.9 Å². The molecule has 1 aliphatic heterocycles. The van der Waals surface area contributed by atoms with E-state index < -0.39 is 23.5 Å². The Balaban J connectivity index is 1.60. The van der Waals surface area contributed by atoms with Crippen LogP contribution in [0, 0.1) is 13.8 Å². The first-order valence-corrected chi connectivity index (χ1v) is 11.2. The van der Waals surface area contributed by atoms with E-state index in [1.807, 2.05) is 32.0 Å². The maximum Gasteiger partial charge on any atom is 0.290 e. The van der Waals surface area contributed by atoms with Gasteiger partial charge in [0, 0.05) is 24.3 Å². The fourth-order valence-corrected chi connectivity index (χ4v) is 4.54. The van der Waals surface area contributed by atoms with Crippen LogP contribution in [0.1, 0.15) is 38.9 Å². The summed E-state index contributed by atoms with van der Waals surface area (Å²) in [6.07, 6.45) is 3.19. The van der Waals surface area contributed by atoms with Gasteiger partial charge in [-0.2, -0.15) is 0 Å². The lowest BCUT2D eigenvalue weighted by Crippen LogP contribution is -2.31. The zero-order chi connectivity index (χ0) is 24.7. The first-order chi connectivity index (χ1) is 16.9. The van der Waals surface area contributed by atoms with E-state index in [2.05, 4.69) is 4.98 Å². The molecule has 5 rings (SSSR count). The SMILES string of the molecule is COc1cccc2cc(C(=O)C3=C(O)C(=O)N(Cc4cc(C)ccc4C)C3c3ccncc3)oc12. The van der Waals surface area contributed by atoms with E-state index >= 15 is 0 Å². The molecule has 0 fully saturated rings. The number of carbonyl (C=O) groups is 2. The summed E-state index contributed by atoms with van der Waals surface area (Å²) >= 11 is 0. The highest BCUT2D eigenvalue weighted by Crippen LogP contribution is 2.41. The van der Waals surface area contributed by atoms with Crippen molar-refractivity contribution in [1.82, 2.24) is 9.88 Å². The number of rotatable bonds is 6. The second kappa shape index (κ2) is 8.76. The molecule has 3 heterocycles. The number of furan rings is 1. The number of benzene rings is 2. The van der Waals surface area contributed by atoms with Gasteiger partial charge < -0.3 is 19.2 Å². The van der Waals surface area contributed by atoms with Crippen LogP contribution >= 0.6 is 0 Å². The normalized spacial score (nSPS) is 15.8. The van der Waals surface area contributed by atoms with Gasteiger partial charge in [0.05, 0.1) is 18.7 Å². The Morgan fingerprint density at radius 3 is 2.63 bits per heavy atom. The highest BCUT2D eigenvalue weighted by atomic mass is 16.5. The van der Waals surface area contributed by atoms with Gasteiger partial charge in [-0.3, -0.25) is 14.6 Å². The first kappa shape index (κ1) is 22.4. The highest BCUT2D eigenvalue weighted by Gasteiger charge is 2.44. The number of carbonyl (C=O) groups excluding carboxylic acids is 2. The lowest BCUT2D eigenvalue weighted by molar-refractivity contribution is -0.130. The molecule has 176 valence electrons. The molecule has 1 atom stereocenters. The Morgan fingerprint density at radius 1 is 1.11 bits per heavy atom. The van der Waals surface area contributed by atoms with Crippen molar-refractivity contribution < 1.29 is 23.8 Å². The van der Waals surface area contributed by atoms with Crippen LogP contribution in [-0.4, -0.2) is 33.8 Å². The number of methoxy groups -OCH3 is 1. The van der Waals surface area contributed by atoms with Crippen molar-refractivity contribution in [2.24, 2.45) is 0 Å². The third-order valence-corrected chi connectivity index (χ3v) is 6.37. The first-order valence-electron chi connectivity index (χ1n) is 11.2. The molecule has 2 aromatic carbocycles. The van der Waals surface area contributed by atoms with E-state index in [9.17, 15) is 14.7 Å². The van der Waals surface area contributed by atoms with Crippen LogP contribution < -0.4 is 4.74 Å². The smallest absolute Gasteiger partial charge is 0.290 e. The fourth-order valence-electron chi connectivity index (χ4n) is 4.54. The lowest BCUT2D eigenvalue weighted by Gasteiger charge is -2.27. The fraction of sp³-hybridized carbons (Fsp3) is 0.179. The summed E-state index contributed by atoms with van der Waals surface area (Å²) < 4.78 is 11.2. The van der Waals surface area contributed by atoms with E-state index in [4.69, 9.17) is 9.15 Å². The summed E-state index contributed by atoms with van der Waals surface area (Å²) in [7, 11) is 1.52. The molecule has 0 saturated heterocycles. The van der Waals surface area contributed by atoms with E-state index in [0.717, 1.165) is 16.7 Å². The number of hydrogen-bond acceptors (Lipinski definition) is 6. The molecule has 4 aromatic rings. The molecule has 0 spiro atoms. The number of pyridine rings is 1. The number of ether oxygens (including phenoxy) is 1. The van der Waals surface area contributed by atoms with Gasteiger partial charge in [-0.25, -0.2) is 0 Å². The number of aromatic nitrogens is 1. The summed E-state index contributed by atoms with van der Waals surface area (Å²) in [5, 5.41) is 11.6. The standard InChI is InChI=1S/C28H24N2O5/c1-16-7-8-17(2)20(13-16)15-30-24(18-9-11-29-12-10-18)23(26(32)28(30)33)25(31)22-14-19-5-4-6-21(34-3)27(19)35-22/h4-14,24,32H,15H2,1-3H3. The van der Waals surface area contributed by atoms with Crippen molar-refractivity contribution in [3.63, 3.8) is 0 Å². The number of para-hydroxylation sites is 1. The number of fused-ring (bicyclic) bond motifs is 1. The average molecular weight is 469 g/mol. The molecule has 2 aromatic heterocycles. The van der Waals surface area contributed by atoms with Gasteiger partial charge in [-0.15, -0.1) is 0 Å². The molecule has 1 N–H and O–H groups in total. The molecule has 35 heavy (non-hydrogen) atoms. The maximum absolute atomic E-state index is 13.7. The number of aliphatic hydroxyl groups excluding tert-OH is 1. The minimum atomic E-state index is -0.798. The van der Waals surface area contributed by atoms with Gasteiger partial charge in [-0.1, -0.05) is 35.9 Å². The van der Waals surface area contributed by atoms with Crippen molar-refractivity contribution in [2.75, 3.05) is 7.11 Å². The van der Waals surface area contributed by atoms with Crippen LogP contribution in [0.3, 0.4) is 0 Å². The molecule has 1 amide bonds. The van der Waals surface area contributed by atoms with Crippen LogP contribution in [0.2, 0.25) is 0 Å². The predicted molar refractivity (Wildman–Crippen MR) is 130 cm³/mol. The average Bonchev–Trinajstić information content (AvgIpc) is 3.41. The summed E-state index contributed by atoms with van der Waals surface area (Å²) in [6, 6.07) is 15.6. The van der Waals surface area contributed by atoms with Gasteiger partial charge in [0.25, 0.3) is 5.91 Å². The quantitative estimate of drug-likeness (QED) is 0.390. The van der Waals surface area contributed by atoms with Gasteiger partial charge in [0.15, 0.2) is 22.9 Å². The minimum absolute atomic E-state index is 0.0199. The second-order valence-corrected chi connectivity index (χ2v) is 8.63. The van der Waals surface area contributed by atoms with Crippen LogP contribution in [0.5, 0.6) is 5.75 Å². The van der Waals surface area contributed by atoms with Crippen LogP contribution in [0.4, 0.5) is 0 Å². The van der Waals surface area contributed by atoms with Crippen LogP contribution in [-0.2, 0) is 11.3 Å². The van der Waals surface area contributed by atoms with Gasteiger partial charge in [-0.05, 0) is 54.8 Å². The Labute approximate surface area is 202 Å². The number of amides is 1. The van der Waals surface area contributed by atoms with Gasteiger partial charge >= 0.3 is 0 Å². The minimum Gasteiger partial charge on any atom is -0.503 e. The number of aryl methyl sites for hydroxylation is 2. The lowest BCUT2D eigenvalue weighted by atomic mass is 9.95. The van der Waals surface area contributed by atoms with E-state index in [0.29, 0.717) is 22.3 Å². The Bertz CT molecular complexity index is 1490. The summed E-state index contributed by atoms with van der Waals surface area (Å²) in [5.74, 6) is -1.23. The number of hydrogen-bond donors (Lipinski definition) is 1. The molecule has 0 bridgehead atoms. The third kappa shape index (κ3) is 3.85. The summed E-state index contributed by atoms with van der Waals surface area (Å²) in [6.45, 7) is 4.18. The van der Waals surface area contributed by atoms with Crippen LogP contribution in [0.15, 0.2) is 82.7 Å². The van der Waals surface area contributed by atoms with E-state index in [-0.39, 0.29) is 17.9 Å². The van der Waals surface area contributed by atoms with Crippen LogP contribution in [0.25, 0.3) is 11.0 Å². The largest absolute Gasteiger partial charge is 0.503 e. The molecular weight excluding hydrogens is 444 g/mol. The Morgan fingerprint density at radius 2 is 1.89 bits per heavy atom. The van der Waals surface area contributed by atoms with E-state index in [1.165, 1.54) is 12.0 Å². The summed E-state index contributed by atoms with van der Waals surface area (Å²) in [4.78, 5) is 32.6. The molecule has 7 nitrogen and oxygen atoms in total. The van der Waals surface area contributed by atoms with Crippen molar-refractivity contribution >= 4 is 22.7 Å². The van der Waals surface area contributed by atoms with Gasteiger partial charge in [0.2, 0.25) is 5.78 Å². The zero-order valence-electron chi connectivity index (χ0n) is 19.6. The molecule has 0 aliphatic carbocycles. The highest BCUT2D eigenvalue weighted by molar-refractivity contribution is 6.16. The molecule has 1 unspecified atom stereocenters.